The Morgan fingerprint density at radius 3 is 2.75 bits per heavy atom. The number of halogens is 2. The van der Waals surface area contributed by atoms with E-state index in [-0.39, 0.29) is 5.91 Å². The van der Waals surface area contributed by atoms with Gasteiger partial charge in [-0.2, -0.15) is 5.26 Å². The maximum absolute atomic E-state index is 12.9. The molecule has 1 amide bonds. The van der Waals surface area contributed by atoms with E-state index in [9.17, 15) is 10.1 Å². The van der Waals surface area contributed by atoms with Gasteiger partial charge in [0.1, 0.15) is 22.6 Å². The largest absolute Gasteiger partial charge is 0.461 e. The van der Waals surface area contributed by atoms with Crippen LogP contribution in [0, 0.1) is 18.3 Å². The van der Waals surface area contributed by atoms with Gasteiger partial charge in [0.15, 0.2) is 0 Å². The lowest BCUT2D eigenvalue weighted by molar-refractivity contribution is 0.102. The van der Waals surface area contributed by atoms with Gasteiger partial charge in [-0.1, -0.05) is 23.2 Å². The van der Waals surface area contributed by atoms with E-state index in [2.05, 4.69) is 11.4 Å². The minimum absolute atomic E-state index is 0.289. The highest BCUT2D eigenvalue weighted by Gasteiger charge is 2.23. The van der Waals surface area contributed by atoms with E-state index in [1.165, 1.54) is 16.2 Å². The second kappa shape index (κ2) is 7.63. The smallest absolute Gasteiger partial charge is 0.259 e. The van der Waals surface area contributed by atoms with Crippen molar-refractivity contribution in [1.29, 1.82) is 5.26 Å². The molecule has 1 aliphatic rings. The van der Waals surface area contributed by atoms with Crippen LogP contribution in [0.4, 0.5) is 5.00 Å². The minimum Gasteiger partial charge on any atom is -0.461 e. The number of carbonyl (C=O) groups excluding carboxylic acids is 1. The Kier molecular flexibility index (Phi) is 5.20. The van der Waals surface area contributed by atoms with E-state index in [0.717, 1.165) is 36.8 Å². The Labute approximate surface area is 176 Å². The molecule has 142 valence electrons. The van der Waals surface area contributed by atoms with Crippen molar-refractivity contribution in [3.8, 4) is 17.4 Å². The van der Waals surface area contributed by atoms with Crippen LogP contribution in [0.3, 0.4) is 0 Å². The van der Waals surface area contributed by atoms with Crippen molar-refractivity contribution in [3.05, 3.63) is 61.6 Å². The number of nitrogens with one attached hydrogen (secondary N) is 1. The Balaban J connectivity index is 1.63. The van der Waals surface area contributed by atoms with Gasteiger partial charge in [0, 0.05) is 10.4 Å². The third-order valence-electron chi connectivity index (χ3n) is 4.88. The number of thiophene rings is 1. The fraction of sp³-hybridized carbons (Fsp3) is 0.238. The number of nitriles is 1. The van der Waals surface area contributed by atoms with E-state index >= 15 is 0 Å². The molecular formula is C21H16Cl2N2O2S. The van der Waals surface area contributed by atoms with Crippen LogP contribution in [0.5, 0.6) is 0 Å². The number of furan rings is 1. The van der Waals surface area contributed by atoms with Crippen LogP contribution >= 0.6 is 34.5 Å². The van der Waals surface area contributed by atoms with Crippen LogP contribution in [-0.4, -0.2) is 5.91 Å². The first-order valence-electron chi connectivity index (χ1n) is 8.89. The molecule has 1 aromatic carbocycles. The summed E-state index contributed by atoms with van der Waals surface area (Å²) in [6.07, 6.45) is 4.08. The number of fused-ring (bicyclic) bond motifs is 1. The molecule has 2 heterocycles. The summed E-state index contributed by atoms with van der Waals surface area (Å²) in [5, 5.41) is 14.0. The van der Waals surface area contributed by atoms with Gasteiger partial charge in [0.25, 0.3) is 5.91 Å². The molecule has 3 aromatic rings. The Bertz CT molecular complexity index is 1120. The first-order valence-corrected chi connectivity index (χ1v) is 10.5. The Morgan fingerprint density at radius 1 is 1.21 bits per heavy atom. The molecule has 0 aliphatic heterocycles. The van der Waals surface area contributed by atoms with Crippen molar-refractivity contribution in [1.82, 2.24) is 0 Å². The van der Waals surface area contributed by atoms with E-state index in [1.54, 1.807) is 31.2 Å². The molecule has 2 aromatic heterocycles. The van der Waals surface area contributed by atoms with Crippen molar-refractivity contribution in [2.24, 2.45) is 0 Å². The normalized spacial score (nSPS) is 13.1. The number of hydrogen-bond donors (Lipinski definition) is 1. The van der Waals surface area contributed by atoms with Gasteiger partial charge < -0.3 is 9.73 Å². The minimum atomic E-state index is -0.289. The molecule has 0 saturated heterocycles. The van der Waals surface area contributed by atoms with Crippen LogP contribution < -0.4 is 5.32 Å². The van der Waals surface area contributed by atoms with Gasteiger partial charge in [0.2, 0.25) is 0 Å². The molecule has 0 fully saturated rings. The highest BCUT2D eigenvalue weighted by molar-refractivity contribution is 7.16. The van der Waals surface area contributed by atoms with E-state index in [1.807, 2.05) is 0 Å². The van der Waals surface area contributed by atoms with Gasteiger partial charge >= 0.3 is 0 Å². The summed E-state index contributed by atoms with van der Waals surface area (Å²) < 4.78 is 5.77. The molecule has 1 aliphatic carbocycles. The van der Waals surface area contributed by atoms with Crippen LogP contribution in [0.15, 0.2) is 28.7 Å². The van der Waals surface area contributed by atoms with Gasteiger partial charge in [-0.25, -0.2) is 0 Å². The molecule has 0 spiro atoms. The molecule has 7 heteroatoms. The second-order valence-electron chi connectivity index (χ2n) is 6.69. The fourth-order valence-electron chi connectivity index (χ4n) is 3.44. The molecule has 1 N–H and O–H groups in total. The molecule has 0 unspecified atom stereocenters. The van der Waals surface area contributed by atoms with Crippen molar-refractivity contribution in [2.45, 2.75) is 32.6 Å². The lowest BCUT2D eigenvalue weighted by Crippen LogP contribution is -2.12. The molecule has 0 bridgehead atoms. The molecule has 0 atom stereocenters. The monoisotopic (exact) mass is 430 g/mol. The topological polar surface area (TPSA) is 66.0 Å². The summed E-state index contributed by atoms with van der Waals surface area (Å²) in [4.78, 5) is 14.1. The van der Waals surface area contributed by atoms with Crippen LogP contribution in [-0.2, 0) is 12.8 Å². The maximum atomic E-state index is 12.9. The quantitative estimate of drug-likeness (QED) is 0.506. The van der Waals surface area contributed by atoms with Gasteiger partial charge in [-0.3, -0.25) is 4.79 Å². The molecule has 4 nitrogen and oxygen atoms in total. The molecule has 0 radical (unpaired) electrons. The van der Waals surface area contributed by atoms with Crippen molar-refractivity contribution < 1.29 is 9.21 Å². The Hall–Kier alpha value is -2.26. The van der Waals surface area contributed by atoms with Gasteiger partial charge in [-0.15, -0.1) is 11.3 Å². The zero-order valence-corrected chi connectivity index (χ0v) is 17.4. The summed E-state index contributed by atoms with van der Waals surface area (Å²) in [5.74, 6) is 0.744. The van der Waals surface area contributed by atoms with E-state index < -0.39 is 0 Å². The highest BCUT2D eigenvalue weighted by atomic mass is 35.5. The van der Waals surface area contributed by atoms with E-state index in [4.69, 9.17) is 27.6 Å². The summed E-state index contributed by atoms with van der Waals surface area (Å²) in [6.45, 7) is 1.74. The van der Waals surface area contributed by atoms with Crippen LogP contribution in [0.1, 0.15) is 45.0 Å². The van der Waals surface area contributed by atoms with Crippen molar-refractivity contribution >= 4 is 45.4 Å². The molecular weight excluding hydrogens is 415 g/mol. The maximum Gasteiger partial charge on any atom is 0.259 e. The predicted molar refractivity (Wildman–Crippen MR) is 113 cm³/mol. The first-order chi connectivity index (χ1) is 13.5. The molecule has 28 heavy (non-hydrogen) atoms. The predicted octanol–water partition coefficient (Wildman–Crippen LogP) is 6.63. The number of nitrogens with zero attached hydrogens (tertiary/aromatic N) is 1. The second-order valence-corrected chi connectivity index (χ2v) is 8.61. The summed E-state index contributed by atoms with van der Waals surface area (Å²) in [6, 6.07) is 9.12. The van der Waals surface area contributed by atoms with E-state index in [0.29, 0.717) is 37.7 Å². The number of anilines is 1. The number of rotatable bonds is 3. The van der Waals surface area contributed by atoms with Gasteiger partial charge in [0.05, 0.1) is 21.2 Å². The third-order valence-corrected chi connectivity index (χ3v) is 6.82. The molecule has 4 rings (SSSR count). The number of hydrogen-bond acceptors (Lipinski definition) is 4. The SMILES string of the molecule is Cc1oc(-c2ccc(Cl)c(Cl)c2)cc1C(=O)Nc1sc2c(c1C#N)CCCC2. The fourth-order valence-corrected chi connectivity index (χ4v) is 4.97. The average molecular weight is 431 g/mol. The Morgan fingerprint density at radius 2 is 2.00 bits per heavy atom. The zero-order valence-electron chi connectivity index (χ0n) is 15.1. The zero-order chi connectivity index (χ0) is 19.8. The number of amides is 1. The molecule has 0 saturated carbocycles. The standard InChI is InChI=1S/C21H16Cl2N2O2S/c1-11-14(9-18(27-11)12-6-7-16(22)17(23)8-12)20(26)25-21-15(10-24)13-4-2-3-5-19(13)28-21/h6-9H,2-5H2,1H3,(H,25,26). The number of aryl methyl sites for hydroxylation is 2. The van der Waals surface area contributed by atoms with Crippen molar-refractivity contribution in [3.63, 3.8) is 0 Å². The summed E-state index contributed by atoms with van der Waals surface area (Å²) in [7, 11) is 0. The van der Waals surface area contributed by atoms with Crippen molar-refractivity contribution in [2.75, 3.05) is 5.32 Å². The van der Waals surface area contributed by atoms with Gasteiger partial charge in [-0.05, 0) is 62.4 Å². The lowest BCUT2D eigenvalue weighted by Gasteiger charge is -2.09. The first kappa shape index (κ1) is 19.1. The highest BCUT2D eigenvalue weighted by Crippen LogP contribution is 2.38. The summed E-state index contributed by atoms with van der Waals surface area (Å²) in [5.41, 5.74) is 2.85. The van der Waals surface area contributed by atoms with Crippen LogP contribution in [0.2, 0.25) is 10.0 Å². The lowest BCUT2D eigenvalue weighted by atomic mass is 9.96. The summed E-state index contributed by atoms with van der Waals surface area (Å²) >= 11 is 13.6. The van der Waals surface area contributed by atoms with Crippen LogP contribution in [0.25, 0.3) is 11.3 Å². The number of benzene rings is 1. The third kappa shape index (κ3) is 3.44. The average Bonchev–Trinajstić information content (AvgIpc) is 3.23. The number of carbonyl (C=O) groups is 1.